The molecule has 0 spiro atoms. The molecular formula is C17H17Cl3N2O2S. The summed E-state index contributed by atoms with van der Waals surface area (Å²) in [7, 11) is -3.67. The maximum absolute atomic E-state index is 12.8. The number of sulfonamides is 1. The van der Waals surface area contributed by atoms with Crippen LogP contribution in [0.5, 0.6) is 0 Å². The van der Waals surface area contributed by atoms with Gasteiger partial charge in [0, 0.05) is 41.9 Å². The van der Waals surface area contributed by atoms with Crippen LogP contribution in [0.4, 0.5) is 5.69 Å². The van der Waals surface area contributed by atoms with Crippen LogP contribution in [0.1, 0.15) is 5.56 Å². The SMILES string of the molecule is Cc1ccc(N2CCN(S(=O)(=O)c3cc(Cl)ccc3Cl)CC2)cc1Cl. The van der Waals surface area contributed by atoms with E-state index in [4.69, 9.17) is 34.8 Å². The average molecular weight is 420 g/mol. The fraction of sp³-hybridized carbons (Fsp3) is 0.294. The predicted octanol–water partition coefficient (Wildman–Crippen LogP) is 4.47. The number of hydrogen-bond acceptors (Lipinski definition) is 3. The number of benzene rings is 2. The van der Waals surface area contributed by atoms with Crippen LogP contribution in [0.25, 0.3) is 0 Å². The molecule has 0 atom stereocenters. The molecule has 3 rings (SSSR count). The number of halogens is 3. The van der Waals surface area contributed by atoms with Gasteiger partial charge in [0.15, 0.2) is 0 Å². The Morgan fingerprint density at radius 1 is 0.880 bits per heavy atom. The van der Waals surface area contributed by atoms with Gasteiger partial charge in [0.25, 0.3) is 0 Å². The Bertz CT molecular complexity index is 895. The first kappa shape index (κ1) is 18.8. The van der Waals surface area contributed by atoms with Crippen molar-refractivity contribution in [1.82, 2.24) is 4.31 Å². The molecule has 0 amide bonds. The molecule has 0 aliphatic carbocycles. The van der Waals surface area contributed by atoms with Crippen molar-refractivity contribution < 1.29 is 8.42 Å². The first-order valence-corrected chi connectivity index (χ1v) is 10.3. The lowest BCUT2D eigenvalue weighted by Gasteiger charge is -2.35. The highest BCUT2D eigenvalue weighted by Gasteiger charge is 2.30. The summed E-state index contributed by atoms with van der Waals surface area (Å²) in [5.41, 5.74) is 2.01. The Morgan fingerprint density at radius 2 is 1.56 bits per heavy atom. The quantitative estimate of drug-likeness (QED) is 0.737. The van der Waals surface area contributed by atoms with Gasteiger partial charge in [0.05, 0.1) is 5.02 Å². The van der Waals surface area contributed by atoms with Crippen LogP contribution in [-0.4, -0.2) is 38.9 Å². The third-order valence-corrected chi connectivity index (χ3v) is 7.29. The molecule has 134 valence electrons. The molecule has 0 radical (unpaired) electrons. The van der Waals surface area contributed by atoms with Crippen molar-refractivity contribution in [2.75, 3.05) is 31.1 Å². The average Bonchev–Trinajstić information content (AvgIpc) is 2.59. The van der Waals surface area contributed by atoms with Crippen LogP contribution in [-0.2, 0) is 10.0 Å². The molecule has 2 aromatic carbocycles. The molecule has 1 saturated heterocycles. The molecule has 0 N–H and O–H groups in total. The third kappa shape index (κ3) is 3.91. The van der Waals surface area contributed by atoms with E-state index < -0.39 is 10.0 Å². The summed E-state index contributed by atoms with van der Waals surface area (Å²) in [5, 5.41) is 1.23. The van der Waals surface area contributed by atoms with Crippen molar-refractivity contribution in [2.24, 2.45) is 0 Å². The van der Waals surface area contributed by atoms with Gasteiger partial charge in [0.2, 0.25) is 10.0 Å². The van der Waals surface area contributed by atoms with Crippen LogP contribution in [0, 0.1) is 6.92 Å². The van der Waals surface area contributed by atoms with E-state index in [1.807, 2.05) is 25.1 Å². The van der Waals surface area contributed by atoms with E-state index in [0.717, 1.165) is 11.3 Å². The summed E-state index contributed by atoms with van der Waals surface area (Å²) in [5.74, 6) is 0. The molecule has 0 aromatic heterocycles. The molecule has 0 bridgehead atoms. The summed E-state index contributed by atoms with van der Waals surface area (Å²) >= 11 is 18.2. The second kappa shape index (κ2) is 7.33. The highest BCUT2D eigenvalue weighted by Crippen LogP contribution is 2.29. The predicted molar refractivity (Wildman–Crippen MR) is 104 cm³/mol. The van der Waals surface area contributed by atoms with Crippen LogP contribution >= 0.6 is 34.8 Å². The highest BCUT2D eigenvalue weighted by atomic mass is 35.5. The number of rotatable bonds is 3. The van der Waals surface area contributed by atoms with Gasteiger partial charge >= 0.3 is 0 Å². The fourth-order valence-electron chi connectivity index (χ4n) is 2.78. The maximum Gasteiger partial charge on any atom is 0.244 e. The number of hydrogen-bond donors (Lipinski definition) is 0. The first-order valence-electron chi connectivity index (χ1n) is 7.75. The van der Waals surface area contributed by atoms with E-state index in [-0.39, 0.29) is 9.92 Å². The monoisotopic (exact) mass is 418 g/mol. The fourth-order valence-corrected chi connectivity index (χ4v) is 5.11. The van der Waals surface area contributed by atoms with Crippen molar-refractivity contribution in [3.8, 4) is 0 Å². The van der Waals surface area contributed by atoms with Gasteiger partial charge in [0.1, 0.15) is 4.90 Å². The molecule has 1 aliphatic heterocycles. The summed E-state index contributed by atoms with van der Waals surface area (Å²) in [6, 6.07) is 10.3. The Balaban J connectivity index is 1.77. The molecule has 1 aliphatic rings. The smallest absolute Gasteiger partial charge is 0.244 e. The lowest BCUT2D eigenvalue weighted by atomic mass is 10.2. The summed E-state index contributed by atoms with van der Waals surface area (Å²) in [6.07, 6.45) is 0. The molecule has 8 heteroatoms. The number of nitrogens with zero attached hydrogens (tertiary/aromatic N) is 2. The molecule has 2 aromatic rings. The molecule has 25 heavy (non-hydrogen) atoms. The molecule has 1 heterocycles. The van der Waals surface area contributed by atoms with Crippen molar-refractivity contribution >= 4 is 50.5 Å². The van der Waals surface area contributed by atoms with Gasteiger partial charge in [-0.15, -0.1) is 0 Å². The first-order chi connectivity index (χ1) is 11.8. The summed E-state index contributed by atoms with van der Waals surface area (Å²) < 4.78 is 27.1. The molecular weight excluding hydrogens is 403 g/mol. The lowest BCUT2D eigenvalue weighted by Crippen LogP contribution is -2.48. The molecule has 4 nitrogen and oxygen atoms in total. The Labute approximate surface area is 162 Å². The standard InChI is InChI=1S/C17H17Cl3N2O2S/c1-12-2-4-14(11-16(12)20)21-6-8-22(9-7-21)25(23,24)17-10-13(18)3-5-15(17)19/h2-5,10-11H,6-9H2,1H3. The zero-order chi connectivity index (χ0) is 18.2. The number of aryl methyl sites for hydroxylation is 1. The van der Waals surface area contributed by atoms with Gasteiger partial charge in [-0.05, 0) is 42.8 Å². The second-order valence-corrected chi connectivity index (χ2v) is 9.06. The van der Waals surface area contributed by atoms with E-state index in [1.165, 1.54) is 16.4 Å². The third-order valence-electron chi connectivity index (χ3n) is 4.27. The number of piperazine rings is 1. The Kier molecular flexibility index (Phi) is 5.51. The number of anilines is 1. The zero-order valence-corrected chi connectivity index (χ0v) is 16.6. The van der Waals surface area contributed by atoms with E-state index in [2.05, 4.69) is 4.90 Å². The van der Waals surface area contributed by atoms with Crippen LogP contribution in [0.15, 0.2) is 41.3 Å². The minimum Gasteiger partial charge on any atom is -0.369 e. The van der Waals surface area contributed by atoms with Crippen molar-refractivity contribution in [2.45, 2.75) is 11.8 Å². The summed E-state index contributed by atoms with van der Waals surface area (Å²) in [6.45, 7) is 3.85. The van der Waals surface area contributed by atoms with Crippen molar-refractivity contribution in [3.05, 3.63) is 57.0 Å². The largest absolute Gasteiger partial charge is 0.369 e. The Hall–Kier alpha value is -0.980. The van der Waals surface area contributed by atoms with Gasteiger partial charge in [-0.1, -0.05) is 40.9 Å². The minimum absolute atomic E-state index is 0.0495. The summed E-state index contributed by atoms with van der Waals surface area (Å²) in [4.78, 5) is 2.17. The van der Waals surface area contributed by atoms with Gasteiger partial charge in [-0.25, -0.2) is 8.42 Å². The van der Waals surface area contributed by atoms with Crippen molar-refractivity contribution in [1.29, 1.82) is 0 Å². The molecule has 1 fully saturated rings. The second-order valence-electron chi connectivity index (χ2n) is 5.90. The van der Waals surface area contributed by atoms with E-state index in [1.54, 1.807) is 6.07 Å². The van der Waals surface area contributed by atoms with Crippen molar-refractivity contribution in [3.63, 3.8) is 0 Å². The Morgan fingerprint density at radius 3 is 2.20 bits per heavy atom. The van der Waals surface area contributed by atoms with Gasteiger partial charge < -0.3 is 4.90 Å². The highest BCUT2D eigenvalue weighted by molar-refractivity contribution is 7.89. The molecule has 0 saturated carbocycles. The van der Waals surface area contributed by atoms with E-state index in [9.17, 15) is 8.42 Å². The van der Waals surface area contributed by atoms with Crippen LogP contribution < -0.4 is 4.90 Å². The normalized spacial score (nSPS) is 16.2. The van der Waals surface area contributed by atoms with Crippen LogP contribution in [0.2, 0.25) is 15.1 Å². The lowest BCUT2D eigenvalue weighted by molar-refractivity contribution is 0.385. The van der Waals surface area contributed by atoms with Crippen LogP contribution in [0.3, 0.4) is 0 Å². The van der Waals surface area contributed by atoms with Gasteiger partial charge in [-0.3, -0.25) is 0 Å². The maximum atomic E-state index is 12.8. The van der Waals surface area contributed by atoms with Gasteiger partial charge in [-0.2, -0.15) is 4.31 Å². The van der Waals surface area contributed by atoms with E-state index in [0.29, 0.717) is 36.2 Å². The zero-order valence-electron chi connectivity index (χ0n) is 13.5. The topological polar surface area (TPSA) is 40.6 Å². The minimum atomic E-state index is -3.67. The van der Waals surface area contributed by atoms with E-state index >= 15 is 0 Å². The molecule has 0 unspecified atom stereocenters.